The van der Waals surface area contributed by atoms with E-state index in [1.165, 1.54) is 0 Å². The highest BCUT2D eigenvalue weighted by atomic mass is 35.5. The monoisotopic (exact) mass is 395 g/mol. The molecular formula is C21H18ClN3O3. The van der Waals surface area contributed by atoms with E-state index in [1.54, 1.807) is 18.3 Å². The molecule has 0 bridgehead atoms. The van der Waals surface area contributed by atoms with Crippen molar-refractivity contribution < 1.29 is 14.3 Å². The second kappa shape index (κ2) is 7.78. The third-order valence-corrected chi connectivity index (χ3v) is 4.76. The zero-order chi connectivity index (χ0) is 19.5. The summed E-state index contributed by atoms with van der Waals surface area (Å²) in [4.78, 5) is 16.8. The molecule has 6 nitrogen and oxygen atoms in total. The number of benzene rings is 2. The topological polar surface area (TPSA) is 72.5 Å². The van der Waals surface area contributed by atoms with Crippen molar-refractivity contribution in [1.82, 2.24) is 10.3 Å². The number of carbonyl (C=O) groups is 1. The number of halogens is 1. The standard InChI is InChI=1S/C21H18ClN3O3/c1-13-2-4-16(10-17(13)22)25-20-9-15(6-7-23-20)21(26)24-11-14-3-5-18-19(8-14)28-12-27-18/h2-10H,11-12H2,1H3,(H,23,25)(H,24,26). The Hall–Kier alpha value is -3.25. The van der Waals surface area contributed by atoms with Gasteiger partial charge >= 0.3 is 0 Å². The number of hydrogen-bond donors (Lipinski definition) is 2. The average molecular weight is 396 g/mol. The van der Waals surface area contributed by atoms with Gasteiger partial charge < -0.3 is 20.1 Å². The molecule has 1 aliphatic rings. The molecule has 4 rings (SSSR count). The summed E-state index contributed by atoms with van der Waals surface area (Å²) in [7, 11) is 0. The molecule has 2 aromatic carbocycles. The number of amides is 1. The average Bonchev–Trinajstić information content (AvgIpc) is 3.17. The lowest BCUT2D eigenvalue weighted by molar-refractivity contribution is 0.0950. The Labute approximate surface area is 167 Å². The maximum atomic E-state index is 12.5. The number of ether oxygens (including phenoxy) is 2. The molecule has 1 aromatic heterocycles. The van der Waals surface area contributed by atoms with Crippen molar-refractivity contribution in [3.63, 3.8) is 0 Å². The minimum absolute atomic E-state index is 0.190. The van der Waals surface area contributed by atoms with Crippen molar-refractivity contribution in [3.8, 4) is 11.5 Å². The molecule has 0 atom stereocenters. The first-order chi connectivity index (χ1) is 13.6. The van der Waals surface area contributed by atoms with Crippen LogP contribution in [-0.2, 0) is 6.54 Å². The van der Waals surface area contributed by atoms with Crippen LogP contribution >= 0.6 is 11.6 Å². The van der Waals surface area contributed by atoms with Crippen molar-refractivity contribution in [3.05, 3.63) is 76.4 Å². The predicted molar refractivity (Wildman–Crippen MR) is 107 cm³/mol. The lowest BCUT2D eigenvalue weighted by atomic mass is 10.2. The third kappa shape index (κ3) is 4.02. The lowest BCUT2D eigenvalue weighted by Crippen LogP contribution is -2.22. The zero-order valence-corrected chi connectivity index (χ0v) is 15.9. The molecule has 0 spiro atoms. The van der Waals surface area contributed by atoms with Crippen molar-refractivity contribution >= 4 is 29.0 Å². The summed E-state index contributed by atoms with van der Waals surface area (Å²) < 4.78 is 10.7. The van der Waals surface area contributed by atoms with Gasteiger partial charge in [0, 0.05) is 29.0 Å². The van der Waals surface area contributed by atoms with E-state index < -0.39 is 0 Å². The van der Waals surface area contributed by atoms with Gasteiger partial charge in [-0.3, -0.25) is 4.79 Å². The molecule has 1 amide bonds. The smallest absolute Gasteiger partial charge is 0.251 e. The van der Waals surface area contributed by atoms with E-state index in [-0.39, 0.29) is 12.7 Å². The number of aromatic nitrogens is 1. The number of aryl methyl sites for hydroxylation is 1. The summed E-state index contributed by atoms with van der Waals surface area (Å²) in [5.74, 6) is 1.79. The highest BCUT2D eigenvalue weighted by molar-refractivity contribution is 6.31. The van der Waals surface area contributed by atoms with Crippen LogP contribution in [0.15, 0.2) is 54.7 Å². The predicted octanol–water partition coefficient (Wildman–Crippen LogP) is 4.45. The Balaban J connectivity index is 1.41. The van der Waals surface area contributed by atoms with Crippen LogP contribution < -0.4 is 20.1 Å². The van der Waals surface area contributed by atoms with Crippen LogP contribution in [0.2, 0.25) is 5.02 Å². The molecule has 0 aliphatic carbocycles. The molecule has 2 heterocycles. The number of anilines is 2. The SMILES string of the molecule is Cc1ccc(Nc2cc(C(=O)NCc3ccc4c(c3)OCO4)ccn2)cc1Cl. The first-order valence-corrected chi connectivity index (χ1v) is 9.12. The summed E-state index contributed by atoms with van der Waals surface area (Å²) in [5.41, 5.74) is 3.24. The molecule has 28 heavy (non-hydrogen) atoms. The molecule has 142 valence electrons. The Kier molecular flexibility index (Phi) is 5.04. The molecule has 0 unspecified atom stereocenters. The molecule has 3 aromatic rings. The van der Waals surface area contributed by atoms with Crippen LogP contribution in [0, 0.1) is 6.92 Å². The van der Waals surface area contributed by atoms with Gasteiger partial charge in [0.05, 0.1) is 0 Å². The summed E-state index contributed by atoms with van der Waals surface area (Å²) in [6.07, 6.45) is 1.59. The van der Waals surface area contributed by atoms with Gasteiger partial charge in [0.1, 0.15) is 5.82 Å². The molecule has 0 radical (unpaired) electrons. The van der Waals surface area contributed by atoms with Crippen LogP contribution in [-0.4, -0.2) is 17.7 Å². The second-order valence-electron chi connectivity index (χ2n) is 6.39. The zero-order valence-electron chi connectivity index (χ0n) is 15.2. The Morgan fingerprint density at radius 1 is 1.11 bits per heavy atom. The summed E-state index contributed by atoms with van der Waals surface area (Å²) in [6.45, 7) is 2.55. The molecule has 2 N–H and O–H groups in total. The van der Waals surface area contributed by atoms with E-state index in [1.807, 2.05) is 43.3 Å². The Morgan fingerprint density at radius 2 is 1.96 bits per heavy atom. The van der Waals surface area contributed by atoms with Crippen molar-refractivity contribution in [2.45, 2.75) is 13.5 Å². The van der Waals surface area contributed by atoms with Crippen LogP contribution in [0.25, 0.3) is 0 Å². The Morgan fingerprint density at radius 3 is 2.82 bits per heavy atom. The fourth-order valence-corrected chi connectivity index (χ4v) is 2.97. The maximum Gasteiger partial charge on any atom is 0.251 e. The number of rotatable bonds is 5. The molecular weight excluding hydrogens is 378 g/mol. The minimum Gasteiger partial charge on any atom is -0.454 e. The second-order valence-corrected chi connectivity index (χ2v) is 6.80. The molecule has 0 fully saturated rings. The summed E-state index contributed by atoms with van der Waals surface area (Å²) >= 11 is 6.16. The van der Waals surface area contributed by atoms with Gasteiger partial charge in [0.25, 0.3) is 5.91 Å². The third-order valence-electron chi connectivity index (χ3n) is 4.36. The van der Waals surface area contributed by atoms with Crippen LogP contribution in [0.1, 0.15) is 21.5 Å². The van der Waals surface area contributed by atoms with E-state index in [4.69, 9.17) is 21.1 Å². The van der Waals surface area contributed by atoms with E-state index in [0.717, 1.165) is 22.6 Å². The number of hydrogen-bond acceptors (Lipinski definition) is 5. The normalized spacial score (nSPS) is 11.9. The summed E-state index contributed by atoms with van der Waals surface area (Å²) in [6, 6.07) is 14.6. The van der Waals surface area contributed by atoms with Crippen molar-refractivity contribution in [2.24, 2.45) is 0 Å². The van der Waals surface area contributed by atoms with Gasteiger partial charge in [-0.05, 0) is 54.4 Å². The first-order valence-electron chi connectivity index (χ1n) is 8.74. The summed E-state index contributed by atoms with van der Waals surface area (Å²) in [5, 5.41) is 6.73. The molecule has 0 saturated heterocycles. The quantitative estimate of drug-likeness (QED) is 0.668. The van der Waals surface area contributed by atoms with Crippen LogP contribution in [0.4, 0.5) is 11.5 Å². The van der Waals surface area contributed by atoms with Crippen molar-refractivity contribution in [2.75, 3.05) is 12.1 Å². The molecule has 1 aliphatic heterocycles. The van der Waals surface area contributed by atoms with E-state index in [9.17, 15) is 4.79 Å². The van der Waals surface area contributed by atoms with Gasteiger partial charge in [0.15, 0.2) is 11.5 Å². The number of carbonyl (C=O) groups excluding carboxylic acids is 1. The number of pyridine rings is 1. The number of nitrogens with zero attached hydrogens (tertiary/aromatic N) is 1. The fraction of sp³-hybridized carbons (Fsp3) is 0.143. The number of fused-ring (bicyclic) bond motifs is 1. The van der Waals surface area contributed by atoms with Crippen LogP contribution in [0.5, 0.6) is 11.5 Å². The Bertz CT molecular complexity index is 1040. The molecule has 7 heteroatoms. The highest BCUT2D eigenvalue weighted by Gasteiger charge is 2.14. The van der Waals surface area contributed by atoms with Gasteiger partial charge in [0.2, 0.25) is 6.79 Å². The van der Waals surface area contributed by atoms with Crippen LogP contribution in [0.3, 0.4) is 0 Å². The van der Waals surface area contributed by atoms with Gasteiger partial charge in [-0.15, -0.1) is 0 Å². The fourth-order valence-electron chi connectivity index (χ4n) is 2.79. The maximum absolute atomic E-state index is 12.5. The largest absolute Gasteiger partial charge is 0.454 e. The van der Waals surface area contributed by atoms with Gasteiger partial charge in [-0.1, -0.05) is 23.7 Å². The van der Waals surface area contributed by atoms with E-state index in [2.05, 4.69) is 15.6 Å². The van der Waals surface area contributed by atoms with E-state index >= 15 is 0 Å². The number of nitrogens with one attached hydrogen (secondary N) is 2. The highest BCUT2D eigenvalue weighted by Crippen LogP contribution is 2.32. The van der Waals surface area contributed by atoms with Crippen molar-refractivity contribution in [1.29, 1.82) is 0 Å². The van der Waals surface area contributed by atoms with E-state index in [0.29, 0.717) is 28.7 Å². The van der Waals surface area contributed by atoms with Gasteiger partial charge in [-0.2, -0.15) is 0 Å². The van der Waals surface area contributed by atoms with Gasteiger partial charge in [-0.25, -0.2) is 4.98 Å². The minimum atomic E-state index is -0.190. The molecule has 0 saturated carbocycles. The lowest BCUT2D eigenvalue weighted by Gasteiger charge is -2.10. The first kappa shape index (κ1) is 18.1.